The molecule has 2 aromatic rings. The molecule has 1 aromatic heterocycles. The molecule has 0 saturated carbocycles. The minimum atomic E-state index is -3.66. The van der Waals surface area contributed by atoms with Crippen molar-refractivity contribution in [1.29, 1.82) is 0 Å². The van der Waals surface area contributed by atoms with Gasteiger partial charge in [0.2, 0.25) is 0 Å². The molecule has 7 heteroatoms. The van der Waals surface area contributed by atoms with Crippen LogP contribution in [0.4, 0.5) is 5.69 Å². The van der Waals surface area contributed by atoms with Gasteiger partial charge in [-0.15, -0.1) is 11.3 Å². The number of thiophene rings is 1. The number of hydrogen-bond donors (Lipinski definition) is 1. The molecule has 0 radical (unpaired) electrons. The Bertz CT molecular complexity index is 779. The molecule has 1 N–H and O–H groups in total. The third-order valence-corrected chi connectivity index (χ3v) is 6.57. The SMILES string of the molecule is O=C(c1ccccc1NS(=O)(=O)c1cccs1)N1CCCCC1. The van der Waals surface area contributed by atoms with Gasteiger partial charge >= 0.3 is 0 Å². The standard InChI is InChI=1S/C16H18N2O3S2/c19-16(18-10-4-1-5-11-18)13-7-2-3-8-14(13)17-23(20,21)15-9-6-12-22-15/h2-3,6-9,12,17H,1,4-5,10-11H2. The van der Waals surface area contributed by atoms with Gasteiger partial charge < -0.3 is 4.90 Å². The molecule has 3 rings (SSSR count). The third kappa shape index (κ3) is 3.56. The summed E-state index contributed by atoms with van der Waals surface area (Å²) in [5.41, 5.74) is 0.728. The highest BCUT2D eigenvalue weighted by molar-refractivity contribution is 7.94. The molecule has 122 valence electrons. The van der Waals surface area contributed by atoms with Gasteiger partial charge in [0.15, 0.2) is 0 Å². The maximum atomic E-state index is 12.7. The summed E-state index contributed by atoms with van der Waals surface area (Å²) < 4.78 is 27.6. The molecule has 0 spiro atoms. The molecular weight excluding hydrogens is 332 g/mol. The highest BCUT2D eigenvalue weighted by Crippen LogP contribution is 2.24. The van der Waals surface area contributed by atoms with Crippen molar-refractivity contribution in [3.8, 4) is 0 Å². The van der Waals surface area contributed by atoms with E-state index in [1.165, 1.54) is 0 Å². The van der Waals surface area contributed by atoms with E-state index in [4.69, 9.17) is 0 Å². The Labute approximate surface area is 140 Å². The average molecular weight is 350 g/mol. The number of nitrogens with zero attached hydrogens (tertiary/aromatic N) is 1. The number of piperidine rings is 1. The molecule has 0 aliphatic carbocycles. The first-order chi connectivity index (χ1) is 11.1. The van der Waals surface area contributed by atoms with E-state index < -0.39 is 10.0 Å². The second kappa shape index (κ2) is 6.72. The maximum Gasteiger partial charge on any atom is 0.271 e. The van der Waals surface area contributed by atoms with Crippen LogP contribution in [0.5, 0.6) is 0 Å². The van der Waals surface area contributed by atoms with Crippen molar-refractivity contribution in [1.82, 2.24) is 4.90 Å². The number of amides is 1. The summed E-state index contributed by atoms with van der Waals surface area (Å²) in [5, 5.41) is 1.71. The number of rotatable bonds is 4. The lowest BCUT2D eigenvalue weighted by Crippen LogP contribution is -2.36. The first kappa shape index (κ1) is 16.0. The number of carbonyl (C=O) groups excluding carboxylic acids is 1. The van der Waals surface area contributed by atoms with Gasteiger partial charge in [0.25, 0.3) is 15.9 Å². The van der Waals surface area contributed by atoms with Gasteiger partial charge in [-0.2, -0.15) is 0 Å². The topological polar surface area (TPSA) is 66.5 Å². The van der Waals surface area contributed by atoms with E-state index in [-0.39, 0.29) is 10.1 Å². The van der Waals surface area contributed by atoms with Gasteiger partial charge in [-0.25, -0.2) is 8.42 Å². The molecule has 5 nitrogen and oxygen atoms in total. The van der Waals surface area contributed by atoms with Crippen molar-refractivity contribution in [3.63, 3.8) is 0 Å². The smallest absolute Gasteiger partial charge is 0.271 e. The largest absolute Gasteiger partial charge is 0.339 e. The minimum Gasteiger partial charge on any atom is -0.339 e. The van der Waals surface area contributed by atoms with Crippen molar-refractivity contribution in [3.05, 3.63) is 47.3 Å². The van der Waals surface area contributed by atoms with Gasteiger partial charge in [-0.1, -0.05) is 18.2 Å². The molecule has 0 unspecified atom stereocenters. The predicted molar refractivity (Wildman–Crippen MR) is 91.3 cm³/mol. The van der Waals surface area contributed by atoms with Crippen LogP contribution in [0, 0.1) is 0 Å². The van der Waals surface area contributed by atoms with Crippen molar-refractivity contribution in [2.75, 3.05) is 17.8 Å². The number of carbonyl (C=O) groups is 1. The Hall–Kier alpha value is -1.86. The maximum absolute atomic E-state index is 12.7. The summed E-state index contributed by atoms with van der Waals surface area (Å²) in [4.78, 5) is 14.5. The number of sulfonamides is 1. The molecule has 1 amide bonds. The third-order valence-electron chi connectivity index (χ3n) is 3.80. The normalized spacial score (nSPS) is 15.4. The molecule has 0 bridgehead atoms. The second-order valence-electron chi connectivity index (χ2n) is 5.44. The molecule has 1 aromatic carbocycles. The van der Waals surface area contributed by atoms with Crippen molar-refractivity contribution in [2.45, 2.75) is 23.5 Å². The molecule has 1 aliphatic heterocycles. The van der Waals surface area contributed by atoms with Crippen molar-refractivity contribution >= 4 is 33.0 Å². The van der Waals surface area contributed by atoms with Gasteiger partial charge in [-0.3, -0.25) is 9.52 Å². The lowest BCUT2D eigenvalue weighted by atomic mass is 10.1. The molecule has 1 aliphatic rings. The highest BCUT2D eigenvalue weighted by atomic mass is 32.2. The molecule has 23 heavy (non-hydrogen) atoms. The van der Waals surface area contributed by atoms with Crippen LogP contribution in [-0.4, -0.2) is 32.3 Å². The number of anilines is 1. The van der Waals surface area contributed by atoms with E-state index in [1.54, 1.807) is 46.7 Å². The number of benzene rings is 1. The zero-order chi connectivity index (χ0) is 16.3. The van der Waals surface area contributed by atoms with Gasteiger partial charge in [0, 0.05) is 13.1 Å². The summed E-state index contributed by atoms with van der Waals surface area (Å²) in [6, 6.07) is 10.00. The minimum absolute atomic E-state index is 0.117. The van der Waals surface area contributed by atoms with Crippen molar-refractivity contribution < 1.29 is 13.2 Å². The van der Waals surface area contributed by atoms with E-state index in [0.29, 0.717) is 11.3 Å². The number of nitrogens with one attached hydrogen (secondary N) is 1. The molecule has 0 atom stereocenters. The van der Waals surface area contributed by atoms with Crippen LogP contribution < -0.4 is 4.72 Å². The van der Waals surface area contributed by atoms with Crippen LogP contribution in [0.3, 0.4) is 0 Å². The Balaban J connectivity index is 1.87. The zero-order valence-electron chi connectivity index (χ0n) is 12.6. The summed E-state index contributed by atoms with van der Waals surface area (Å²) >= 11 is 1.15. The Morgan fingerprint density at radius 1 is 1.04 bits per heavy atom. The predicted octanol–water partition coefficient (Wildman–Crippen LogP) is 3.18. The fourth-order valence-electron chi connectivity index (χ4n) is 2.64. The summed E-state index contributed by atoms with van der Waals surface area (Å²) in [6.45, 7) is 1.45. The Morgan fingerprint density at radius 3 is 2.48 bits per heavy atom. The van der Waals surface area contributed by atoms with Crippen molar-refractivity contribution in [2.24, 2.45) is 0 Å². The first-order valence-corrected chi connectivity index (χ1v) is 9.89. The van der Waals surface area contributed by atoms with E-state index in [2.05, 4.69) is 4.72 Å². The number of likely N-dealkylation sites (tertiary alicyclic amines) is 1. The lowest BCUT2D eigenvalue weighted by molar-refractivity contribution is 0.0725. The van der Waals surface area contributed by atoms with Crippen LogP contribution >= 0.6 is 11.3 Å². The Morgan fingerprint density at radius 2 is 1.78 bits per heavy atom. The lowest BCUT2D eigenvalue weighted by Gasteiger charge is -2.27. The van der Waals surface area contributed by atoms with E-state index in [9.17, 15) is 13.2 Å². The second-order valence-corrected chi connectivity index (χ2v) is 8.29. The van der Waals surface area contributed by atoms with E-state index in [1.807, 2.05) is 0 Å². The molecular formula is C16H18N2O3S2. The van der Waals surface area contributed by atoms with Crippen LogP contribution in [0.25, 0.3) is 0 Å². The van der Waals surface area contributed by atoms with Crippen LogP contribution in [-0.2, 0) is 10.0 Å². The zero-order valence-corrected chi connectivity index (χ0v) is 14.2. The van der Waals surface area contributed by atoms with Gasteiger partial charge in [0.05, 0.1) is 11.3 Å². The summed E-state index contributed by atoms with van der Waals surface area (Å²) in [7, 11) is -3.66. The Kier molecular flexibility index (Phi) is 4.68. The number of hydrogen-bond acceptors (Lipinski definition) is 4. The van der Waals surface area contributed by atoms with Crippen LogP contribution in [0.15, 0.2) is 46.0 Å². The average Bonchev–Trinajstić information content (AvgIpc) is 3.11. The van der Waals surface area contributed by atoms with E-state index >= 15 is 0 Å². The summed E-state index contributed by atoms with van der Waals surface area (Å²) in [6.07, 6.45) is 3.13. The highest BCUT2D eigenvalue weighted by Gasteiger charge is 2.23. The van der Waals surface area contributed by atoms with Crippen LogP contribution in [0.1, 0.15) is 29.6 Å². The first-order valence-electron chi connectivity index (χ1n) is 7.52. The molecule has 1 saturated heterocycles. The van der Waals surface area contributed by atoms with E-state index in [0.717, 1.165) is 43.7 Å². The quantitative estimate of drug-likeness (QED) is 0.921. The molecule has 2 heterocycles. The van der Waals surface area contributed by atoms with Gasteiger partial charge in [0.1, 0.15) is 4.21 Å². The fourth-order valence-corrected chi connectivity index (χ4v) is 4.71. The van der Waals surface area contributed by atoms with Gasteiger partial charge in [-0.05, 0) is 42.8 Å². The number of para-hydroxylation sites is 1. The van der Waals surface area contributed by atoms with Crippen LogP contribution in [0.2, 0.25) is 0 Å². The summed E-state index contributed by atoms with van der Waals surface area (Å²) in [5.74, 6) is -0.117. The fraction of sp³-hybridized carbons (Fsp3) is 0.312. The molecule has 1 fully saturated rings. The monoisotopic (exact) mass is 350 g/mol.